The van der Waals surface area contributed by atoms with E-state index in [1.54, 1.807) is 12.1 Å². The van der Waals surface area contributed by atoms with E-state index in [1.165, 1.54) is 6.07 Å². The van der Waals surface area contributed by atoms with Crippen molar-refractivity contribution in [2.75, 3.05) is 18.9 Å². The molecule has 1 aromatic carbocycles. The zero-order valence-electron chi connectivity index (χ0n) is 9.72. The summed E-state index contributed by atoms with van der Waals surface area (Å²) in [6.45, 7) is 2.68. The van der Waals surface area contributed by atoms with Crippen LogP contribution in [0.15, 0.2) is 23.1 Å². The van der Waals surface area contributed by atoms with E-state index in [1.807, 2.05) is 6.92 Å². The predicted octanol–water partition coefficient (Wildman–Crippen LogP) is 1.29. The zero-order valence-corrected chi connectivity index (χ0v) is 10.5. The summed E-state index contributed by atoms with van der Waals surface area (Å²) in [6.07, 6.45) is 1.71. The Morgan fingerprint density at radius 3 is 2.71 bits per heavy atom. The Bertz CT molecular complexity index is 507. The molecule has 1 aliphatic rings. The second kappa shape index (κ2) is 4.64. The largest absolute Gasteiger partial charge is 0.398 e. The molecule has 17 heavy (non-hydrogen) atoms. The molecule has 1 fully saturated rings. The number of hydroxylamine groups is 1. The van der Waals surface area contributed by atoms with Crippen LogP contribution in [-0.4, -0.2) is 26.0 Å². The van der Waals surface area contributed by atoms with Crippen molar-refractivity contribution in [3.05, 3.63) is 23.8 Å². The number of aryl methyl sites for hydroxylation is 1. The van der Waals surface area contributed by atoms with Crippen molar-refractivity contribution in [1.29, 1.82) is 0 Å². The average molecular weight is 256 g/mol. The number of nitrogens with two attached hydrogens (primary N) is 1. The standard InChI is InChI=1S/C11H16N2O3S/c1-9-4-5-10(8-11(9)12)17(14,15)13-6-2-3-7-16-13/h4-5,8H,2-3,6-7,12H2,1H3. The molecule has 0 saturated carbocycles. The summed E-state index contributed by atoms with van der Waals surface area (Å²) in [5.74, 6) is 0. The quantitative estimate of drug-likeness (QED) is 0.809. The van der Waals surface area contributed by atoms with Gasteiger partial charge in [0, 0.05) is 12.2 Å². The molecule has 1 heterocycles. The first-order chi connectivity index (χ1) is 8.01. The molecule has 2 N–H and O–H groups in total. The van der Waals surface area contributed by atoms with Crippen LogP contribution in [0.25, 0.3) is 0 Å². The molecule has 0 radical (unpaired) electrons. The summed E-state index contributed by atoms with van der Waals surface area (Å²) in [6, 6.07) is 4.73. The second-order valence-corrected chi connectivity index (χ2v) is 5.92. The number of benzene rings is 1. The third-order valence-electron chi connectivity index (χ3n) is 2.79. The van der Waals surface area contributed by atoms with Crippen LogP contribution < -0.4 is 5.73 Å². The number of anilines is 1. The molecular formula is C11H16N2O3S. The molecule has 0 amide bonds. The summed E-state index contributed by atoms with van der Waals surface area (Å²) in [7, 11) is -3.57. The number of nitrogens with zero attached hydrogens (tertiary/aromatic N) is 1. The first-order valence-corrected chi connectivity index (χ1v) is 6.97. The van der Waals surface area contributed by atoms with Crippen LogP contribution in [0.5, 0.6) is 0 Å². The van der Waals surface area contributed by atoms with Crippen LogP contribution >= 0.6 is 0 Å². The average Bonchev–Trinajstić information content (AvgIpc) is 2.33. The number of hydrogen-bond acceptors (Lipinski definition) is 4. The van der Waals surface area contributed by atoms with Gasteiger partial charge in [-0.15, -0.1) is 0 Å². The van der Waals surface area contributed by atoms with Gasteiger partial charge in [-0.2, -0.15) is 0 Å². The second-order valence-electron chi connectivity index (χ2n) is 4.09. The highest BCUT2D eigenvalue weighted by Crippen LogP contribution is 2.22. The van der Waals surface area contributed by atoms with Crippen molar-refractivity contribution >= 4 is 15.7 Å². The van der Waals surface area contributed by atoms with E-state index < -0.39 is 10.0 Å². The Morgan fingerprint density at radius 2 is 2.12 bits per heavy atom. The zero-order chi connectivity index (χ0) is 12.5. The fourth-order valence-electron chi connectivity index (χ4n) is 1.66. The van der Waals surface area contributed by atoms with Gasteiger partial charge in [0.05, 0.1) is 11.5 Å². The Hall–Kier alpha value is -1.11. The maximum atomic E-state index is 12.2. The molecule has 1 aromatic rings. The van der Waals surface area contributed by atoms with Gasteiger partial charge in [0.2, 0.25) is 0 Å². The summed E-state index contributed by atoms with van der Waals surface area (Å²) in [5.41, 5.74) is 7.06. The summed E-state index contributed by atoms with van der Waals surface area (Å²) >= 11 is 0. The lowest BCUT2D eigenvalue weighted by atomic mass is 10.2. The van der Waals surface area contributed by atoms with Gasteiger partial charge in [-0.05, 0) is 37.5 Å². The Kier molecular flexibility index (Phi) is 3.37. The molecule has 0 aromatic heterocycles. The molecule has 0 aliphatic carbocycles. The van der Waals surface area contributed by atoms with Crippen molar-refractivity contribution in [3.63, 3.8) is 0 Å². The van der Waals surface area contributed by atoms with Crippen molar-refractivity contribution < 1.29 is 13.3 Å². The minimum absolute atomic E-state index is 0.183. The van der Waals surface area contributed by atoms with E-state index in [0.717, 1.165) is 22.9 Å². The highest BCUT2D eigenvalue weighted by molar-refractivity contribution is 7.89. The maximum absolute atomic E-state index is 12.2. The molecule has 0 bridgehead atoms. The van der Waals surface area contributed by atoms with E-state index >= 15 is 0 Å². The van der Waals surface area contributed by atoms with E-state index in [-0.39, 0.29) is 4.90 Å². The van der Waals surface area contributed by atoms with Gasteiger partial charge in [0.15, 0.2) is 0 Å². The van der Waals surface area contributed by atoms with E-state index in [4.69, 9.17) is 10.6 Å². The Labute approximate surface area is 101 Å². The fourth-order valence-corrected chi connectivity index (χ4v) is 2.99. The lowest BCUT2D eigenvalue weighted by Crippen LogP contribution is -2.35. The normalized spacial score (nSPS) is 18.2. The highest BCUT2D eigenvalue weighted by Gasteiger charge is 2.27. The molecule has 5 nitrogen and oxygen atoms in total. The lowest BCUT2D eigenvalue weighted by Gasteiger charge is -2.25. The third kappa shape index (κ3) is 2.43. The molecule has 94 valence electrons. The topological polar surface area (TPSA) is 72.6 Å². The van der Waals surface area contributed by atoms with Crippen LogP contribution in [0.1, 0.15) is 18.4 Å². The first kappa shape index (κ1) is 12.3. The third-order valence-corrected chi connectivity index (χ3v) is 4.46. The lowest BCUT2D eigenvalue weighted by molar-refractivity contribution is -0.108. The van der Waals surface area contributed by atoms with Crippen LogP contribution in [0.4, 0.5) is 5.69 Å². The highest BCUT2D eigenvalue weighted by atomic mass is 32.2. The van der Waals surface area contributed by atoms with Crippen molar-refractivity contribution in [3.8, 4) is 0 Å². The van der Waals surface area contributed by atoms with E-state index in [9.17, 15) is 8.42 Å². The van der Waals surface area contributed by atoms with Crippen LogP contribution in [0.2, 0.25) is 0 Å². The van der Waals surface area contributed by atoms with Gasteiger partial charge < -0.3 is 5.73 Å². The molecule has 6 heteroatoms. The van der Waals surface area contributed by atoms with Crippen molar-refractivity contribution in [2.45, 2.75) is 24.7 Å². The molecule has 2 rings (SSSR count). The smallest absolute Gasteiger partial charge is 0.265 e. The molecule has 0 unspecified atom stereocenters. The molecule has 1 saturated heterocycles. The van der Waals surface area contributed by atoms with Gasteiger partial charge in [-0.25, -0.2) is 8.42 Å². The van der Waals surface area contributed by atoms with E-state index in [0.29, 0.717) is 18.8 Å². The SMILES string of the molecule is Cc1ccc(S(=O)(=O)N2CCCCO2)cc1N. The molecule has 1 aliphatic heterocycles. The Balaban J connectivity index is 2.33. The van der Waals surface area contributed by atoms with Crippen molar-refractivity contribution in [2.24, 2.45) is 0 Å². The van der Waals surface area contributed by atoms with Gasteiger partial charge in [0.25, 0.3) is 10.0 Å². The Morgan fingerprint density at radius 1 is 1.35 bits per heavy atom. The van der Waals surface area contributed by atoms with Gasteiger partial charge >= 0.3 is 0 Å². The summed E-state index contributed by atoms with van der Waals surface area (Å²) in [5, 5.41) is 0. The number of nitrogen functional groups attached to an aromatic ring is 1. The van der Waals surface area contributed by atoms with Crippen LogP contribution in [0.3, 0.4) is 0 Å². The van der Waals surface area contributed by atoms with E-state index in [2.05, 4.69) is 0 Å². The minimum atomic E-state index is -3.57. The number of sulfonamides is 1. The number of hydrogen-bond donors (Lipinski definition) is 1. The minimum Gasteiger partial charge on any atom is -0.398 e. The summed E-state index contributed by atoms with van der Waals surface area (Å²) in [4.78, 5) is 5.35. The number of rotatable bonds is 2. The first-order valence-electron chi connectivity index (χ1n) is 5.53. The van der Waals surface area contributed by atoms with Crippen LogP contribution in [0, 0.1) is 6.92 Å². The van der Waals surface area contributed by atoms with Gasteiger partial charge in [-0.1, -0.05) is 10.5 Å². The van der Waals surface area contributed by atoms with Gasteiger partial charge in [0.1, 0.15) is 0 Å². The van der Waals surface area contributed by atoms with Crippen molar-refractivity contribution in [1.82, 2.24) is 4.47 Å². The monoisotopic (exact) mass is 256 g/mol. The molecule has 0 atom stereocenters. The molecular weight excluding hydrogens is 240 g/mol. The predicted molar refractivity (Wildman–Crippen MR) is 64.7 cm³/mol. The fraction of sp³-hybridized carbons (Fsp3) is 0.455. The summed E-state index contributed by atoms with van der Waals surface area (Å²) < 4.78 is 25.4. The van der Waals surface area contributed by atoms with Crippen LogP contribution in [-0.2, 0) is 14.9 Å². The maximum Gasteiger partial charge on any atom is 0.265 e. The van der Waals surface area contributed by atoms with Gasteiger partial charge in [-0.3, -0.25) is 4.84 Å². The molecule has 0 spiro atoms.